The summed E-state index contributed by atoms with van der Waals surface area (Å²) >= 11 is 0. The molecule has 150 valence electrons. The van der Waals surface area contributed by atoms with Gasteiger partial charge in [0.2, 0.25) is 0 Å². The normalized spacial score (nSPS) is 17.2. The van der Waals surface area contributed by atoms with E-state index in [4.69, 9.17) is 4.74 Å². The molecule has 2 amide bonds. The molecule has 0 unspecified atom stereocenters. The van der Waals surface area contributed by atoms with E-state index in [1.807, 2.05) is 19.1 Å². The fraction of sp³-hybridized carbons (Fsp3) is 0.636. The van der Waals surface area contributed by atoms with Gasteiger partial charge in [0, 0.05) is 6.04 Å². The zero-order valence-corrected chi connectivity index (χ0v) is 16.6. The Balaban J connectivity index is 1.88. The van der Waals surface area contributed by atoms with Crippen LogP contribution in [-0.4, -0.2) is 24.5 Å². The number of anilines is 1. The highest BCUT2D eigenvalue weighted by Crippen LogP contribution is 2.23. The van der Waals surface area contributed by atoms with Gasteiger partial charge >= 0.3 is 11.8 Å². The quantitative estimate of drug-likeness (QED) is 0.743. The molecule has 0 spiro atoms. The maximum Gasteiger partial charge on any atom is 0.313 e. The summed E-state index contributed by atoms with van der Waals surface area (Å²) in [6, 6.07) is 7.26. The number of nitrogens with one attached hydrogen (secondary N) is 2. The van der Waals surface area contributed by atoms with Crippen LogP contribution in [0.15, 0.2) is 24.3 Å². The van der Waals surface area contributed by atoms with E-state index in [1.54, 1.807) is 12.1 Å². The molecule has 1 aromatic rings. The summed E-state index contributed by atoms with van der Waals surface area (Å²) < 4.78 is 5.50. The van der Waals surface area contributed by atoms with Crippen molar-refractivity contribution in [2.24, 2.45) is 0 Å². The van der Waals surface area contributed by atoms with Crippen LogP contribution < -0.4 is 15.4 Å². The zero-order chi connectivity index (χ0) is 19.3. The minimum atomic E-state index is -0.631. The van der Waals surface area contributed by atoms with Gasteiger partial charge in [-0.3, -0.25) is 9.59 Å². The molecule has 0 aromatic heterocycles. The van der Waals surface area contributed by atoms with E-state index < -0.39 is 11.8 Å². The third-order valence-electron chi connectivity index (χ3n) is 5.08. The highest BCUT2D eigenvalue weighted by Gasteiger charge is 2.19. The molecule has 0 saturated heterocycles. The summed E-state index contributed by atoms with van der Waals surface area (Å²) in [5.41, 5.74) is 0.526. The predicted octanol–water partition coefficient (Wildman–Crippen LogP) is 4.81. The van der Waals surface area contributed by atoms with Gasteiger partial charge < -0.3 is 15.4 Å². The second kappa shape index (κ2) is 12.4. The molecule has 2 rings (SSSR count). The molecule has 0 radical (unpaired) electrons. The number of para-hydroxylation sites is 2. The van der Waals surface area contributed by atoms with E-state index in [9.17, 15) is 9.59 Å². The lowest BCUT2D eigenvalue weighted by molar-refractivity contribution is -0.136. The summed E-state index contributed by atoms with van der Waals surface area (Å²) in [5, 5.41) is 5.63. The predicted molar refractivity (Wildman–Crippen MR) is 109 cm³/mol. The van der Waals surface area contributed by atoms with Crippen LogP contribution in [0.25, 0.3) is 0 Å². The number of hydrogen-bond acceptors (Lipinski definition) is 3. The van der Waals surface area contributed by atoms with E-state index in [-0.39, 0.29) is 6.04 Å². The molecule has 0 atom stereocenters. The topological polar surface area (TPSA) is 67.4 Å². The number of hydrogen-bond donors (Lipinski definition) is 2. The lowest BCUT2D eigenvalue weighted by Gasteiger charge is -2.19. The van der Waals surface area contributed by atoms with E-state index >= 15 is 0 Å². The lowest BCUT2D eigenvalue weighted by atomic mass is 9.98. The van der Waals surface area contributed by atoms with Crippen molar-refractivity contribution in [2.45, 2.75) is 83.6 Å². The summed E-state index contributed by atoms with van der Waals surface area (Å²) in [6.07, 6.45) is 13.1. The second-order valence-corrected chi connectivity index (χ2v) is 7.31. The van der Waals surface area contributed by atoms with Crippen molar-refractivity contribution in [2.75, 3.05) is 11.9 Å². The Labute approximate surface area is 163 Å². The van der Waals surface area contributed by atoms with Crippen molar-refractivity contribution in [1.82, 2.24) is 5.32 Å². The van der Waals surface area contributed by atoms with Gasteiger partial charge in [0.15, 0.2) is 0 Å². The van der Waals surface area contributed by atoms with Crippen LogP contribution in [0.3, 0.4) is 0 Å². The number of rotatable bonds is 4. The van der Waals surface area contributed by atoms with Gasteiger partial charge in [0.05, 0.1) is 12.3 Å². The van der Waals surface area contributed by atoms with Crippen LogP contribution in [0.2, 0.25) is 0 Å². The van der Waals surface area contributed by atoms with E-state index in [0.717, 1.165) is 25.7 Å². The molecule has 1 aromatic carbocycles. The Hall–Kier alpha value is -2.04. The SMILES string of the molecule is CCOc1ccccc1NC(=O)C(=O)NC1CCCCCCCCCCC1. The van der Waals surface area contributed by atoms with Gasteiger partial charge in [-0.15, -0.1) is 0 Å². The standard InChI is InChI=1S/C22H34N2O3/c1-2-27-20-17-13-12-16-19(20)24-22(26)21(25)23-18-14-10-8-6-4-3-5-7-9-11-15-18/h12-13,16-18H,2-11,14-15H2,1H3,(H,23,25)(H,24,26). The summed E-state index contributed by atoms with van der Waals surface area (Å²) in [6.45, 7) is 2.39. The van der Waals surface area contributed by atoms with E-state index in [0.29, 0.717) is 18.0 Å². The van der Waals surface area contributed by atoms with Gasteiger partial charge in [0.1, 0.15) is 5.75 Å². The summed E-state index contributed by atoms with van der Waals surface area (Å²) in [4.78, 5) is 24.7. The third kappa shape index (κ3) is 8.02. The molecule has 5 heteroatoms. The molecule has 1 saturated carbocycles. The lowest BCUT2D eigenvalue weighted by Crippen LogP contribution is -2.42. The fourth-order valence-corrected chi connectivity index (χ4v) is 3.59. The van der Waals surface area contributed by atoms with Crippen LogP contribution >= 0.6 is 0 Å². The number of ether oxygens (including phenoxy) is 1. The van der Waals surface area contributed by atoms with Crippen LogP contribution in [0.1, 0.15) is 77.6 Å². The first-order valence-electron chi connectivity index (χ1n) is 10.5. The number of benzene rings is 1. The first kappa shape index (κ1) is 21.3. The van der Waals surface area contributed by atoms with Crippen LogP contribution in [0.4, 0.5) is 5.69 Å². The van der Waals surface area contributed by atoms with Gasteiger partial charge in [-0.25, -0.2) is 0 Å². The minimum Gasteiger partial charge on any atom is -0.492 e. The largest absolute Gasteiger partial charge is 0.492 e. The van der Waals surface area contributed by atoms with Crippen molar-refractivity contribution in [1.29, 1.82) is 0 Å². The molecule has 0 aliphatic heterocycles. The Bertz CT molecular complexity index is 577. The van der Waals surface area contributed by atoms with Crippen molar-refractivity contribution < 1.29 is 14.3 Å². The molecule has 2 N–H and O–H groups in total. The Morgan fingerprint density at radius 1 is 0.889 bits per heavy atom. The first-order chi connectivity index (χ1) is 13.2. The highest BCUT2D eigenvalue weighted by atomic mass is 16.5. The zero-order valence-electron chi connectivity index (χ0n) is 16.6. The average molecular weight is 375 g/mol. The van der Waals surface area contributed by atoms with Gasteiger partial charge in [-0.1, -0.05) is 69.9 Å². The van der Waals surface area contributed by atoms with Crippen LogP contribution in [-0.2, 0) is 9.59 Å². The molecule has 1 aliphatic carbocycles. The molecule has 1 aliphatic rings. The smallest absolute Gasteiger partial charge is 0.313 e. The average Bonchev–Trinajstić information content (AvgIpc) is 2.65. The van der Waals surface area contributed by atoms with Gasteiger partial charge in [0.25, 0.3) is 0 Å². The Morgan fingerprint density at radius 2 is 1.44 bits per heavy atom. The van der Waals surface area contributed by atoms with E-state index in [2.05, 4.69) is 10.6 Å². The van der Waals surface area contributed by atoms with Crippen molar-refractivity contribution >= 4 is 17.5 Å². The molecule has 5 nitrogen and oxygen atoms in total. The molecule has 1 fully saturated rings. The molecular weight excluding hydrogens is 340 g/mol. The molecule has 0 bridgehead atoms. The Kier molecular flexibility index (Phi) is 9.74. The van der Waals surface area contributed by atoms with E-state index in [1.165, 1.54) is 44.9 Å². The maximum atomic E-state index is 12.4. The summed E-state index contributed by atoms with van der Waals surface area (Å²) in [7, 11) is 0. The van der Waals surface area contributed by atoms with Crippen LogP contribution in [0.5, 0.6) is 5.75 Å². The third-order valence-corrected chi connectivity index (χ3v) is 5.08. The first-order valence-corrected chi connectivity index (χ1v) is 10.5. The van der Waals surface area contributed by atoms with Gasteiger partial charge in [-0.2, -0.15) is 0 Å². The maximum absolute atomic E-state index is 12.4. The monoisotopic (exact) mass is 374 g/mol. The molecular formula is C22H34N2O3. The Morgan fingerprint density at radius 3 is 2.04 bits per heavy atom. The van der Waals surface area contributed by atoms with Crippen molar-refractivity contribution in [3.63, 3.8) is 0 Å². The number of carbonyl (C=O) groups excluding carboxylic acids is 2. The molecule has 27 heavy (non-hydrogen) atoms. The van der Waals surface area contributed by atoms with Gasteiger partial charge in [-0.05, 0) is 31.9 Å². The minimum absolute atomic E-state index is 0.0878. The van der Waals surface area contributed by atoms with Crippen LogP contribution in [0, 0.1) is 0 Å². The summed E-state index contributed by atoms with van der Waals surface area (Å²) in [5.74, 6) is -0.612. The molecule has 0 heterocycles. The van der Waals surface area contributed by atoms with Crippen molar-refractivity contribution in [3.05, 3.63) is 24.3 Å². The second-order valence-electron chi connectivity index (χ2n) is 7.31. The van der Waals surface area contributed by atoms with Crippen molar-refractivity contribution in [3.8, 4) is 5.75 Å². The fourth-order valence-electron chi connectivity index (χ4n) is 3.59. The highest BCUT2D eigenvalue weighted by molar-refractivity contribution is 6.39. The number of amides is 2. The number of carbonyl (C=O) groups is 2.